The first-order valence-electron chi connectivity index (χ1n) is 7.50. The number of methoxy groups -OCH3 is 1. The molecule has 6 nitrogen and oxygen atoms in total. The minimum atomic E-state index is 0.110. The molecule has 0 aromatic carbocycles. The summed E-state index contributed by atoms with van der Waals surface area (Å²) in [5.74, 6) is 0.122. The average molecular weight is 284 g/mol. The van der Waals surface area contributed by atoms with Crippen molar-refractivity contribution in [2.45, 2.75) is 18.6 Å². The third-order valence-electron chi connectivity index (χ3n) is 4.28. The first-order valence-corrected chi connectivity index (χ1v) is 7.50. The molecule has 1 N–H and O–H groups in total. The molecule has 2 heterocycles. The largest absolute Gasteiger partial charge is 0.378 e. The van der Waals surface area contributed by atoms with Crippen LogP contribution in [0.1, 0.15) is 6.42 Å². The van der Waals surface area contributed by atoms with E-state index in [1.54, 1.807) is 7.11 Å². The number of carbonyl (C=O) groups excluding carboxylic acids is 1. The number of nitrogens with one attached hydrogen (secondary N) is 1. The van der Waals surface area contributed by atoms with Gasteiger partial charge in [-0.25, -0.2) is 0 Å². The molecule has 2 saturated heterocycles. The molecule has 0 unspecified atom stereocenters. The van der Waals surface area contributed by atoms with Crippen LogP contribution in [0.5, 0.6) is 0 Å². The summed E-state index contributed by atoms with van der Waals surface area (Å²) in [6.45, 7) is 6.41. The highest BCUT2D eigenvalue weighted by Gasteiger charge is 2.32. The van der Waals surface area contributed by atoms with Gasteiger partial charge in [0.1, 0.15) is 0 Å². The predicted octanol–water partition coefficient (Wildman–Crippen LogP) is -0.931. The maximum Gasteiger partial charge on any atom is 0.234 e. The fourth-order valence-corrected chi connectivity index (χ4v) is 3.05. The minimum absolute atomic E-state index is 0.110. The van der Waals surface area contributed by atoms with Crippen molar-refractivity contribution < 1.29 is 9.53 Å². The highest BCUT2D eigenvalue weighted by Crippen LogP contribution is 2.11. The van der Waals surface area contributed by atoms with Gasteiger partial charge in [0.2, 0.25) is 5.91 Å². The van der Waals surface area contributed by atoms with Gasteiger partial charge in [-0.05, 0) is 33.6 Å². The summed E-state index contributed by atoms with van der Waals surface area (Å²) in [6.07, 6.45) is 1.25. The zero-order valence-corrected chi connectivity index (χ0v) is 13.0. The van der Waals surface area contributed by atoms with Crippen molar-refractivity contribution in [2.24, 2.45) is 0 Å². The summed E-state index contributed by atoms with van der Waals surface area (Å²) in [5, 5.41) is 3.13. The monoisotopic (exact) mass is 284 g/mol. The molecule has 2 fully saturated rings. The normalized spacial score (nSPS) is 30.4. The fraction of sp³-hybridized carbons (Fsp3) is 0.929. The Hall–Kier alpha value is -0.690. The molecule has 2 aliphatic heterocycles. The smallest absolute Gasteiger partial charge is 0.234 e. The second-order valence-corrected chi connectivity index (χ2v) is 6.10. The molecule has 0 aromatic rings. The van der Waals surface area contributed by atoms with E-state index in [-0.39, 0.29) is 18.1 Å². The van der Waals surface area contributed by atoms with E-state index in [9.17, 15) is 4.79 Å². The molecule has 0 radical (unpaired) electrons. The van der Waals surface area contributed by atoms with Gasteiger partial charge in [0.25, 0.3) is 0 Å². The van der Waals surface area contributed by atoms with Gasteiger partial charge >= 0.3 is 0 Å². The van der Waals surface area contributed by atoms with Crippen molar-refractivity contribution in [3.63, 3.8) is 0 Å². The third-order valence-corrected chi connectivity index (χ3v) is 4.28. The van der Waals surface area contributed by atoms with Crippen LogP contribution in [-0.2, 0) is 9.53 Å². The number of hydrogen-bond donors (Lipinski definition) is 1. The Balaban J connectivity index is 1.77. The van der Waals surface area contributed by atoms with Gasteiger partial charge < -0.3 is 19.9 Å². The van der Waals surface area contributed by atoms with Crippen LogP contribution in [-0.4, -0.2) is 99.8 Å². The second-order valence-electron chi connectivity index (χ2n) is 6.10. The lowest BCUT2D eigenvalue weighted by Gasteiger charge is -2.23. The predicted molar refractivity (Wildman–Crippen MR) is 78.8 cm³/mol. The summed E-state index contributed by atoms with van der Waals surface area (Å²) in [7, 11) is 5.91. The second kappa shape index (κ2) is 7.36. The summed E-state index contributed by atoms with van der Waals surface area (Å²) in [5.41, 5.74) is 0. The van der Waals surface area contributed by atoms with Crippen LogP contribution in [0.4, 0.5) is 0 Å². The van der Waals surface area contributed by atoms with Crippen LogP contribution in [0.3, 0.4) is 0 Å². The van der Waals surface area contributed by atoms with E-state index in [4.69, 9.17) is 4.74 Å². The van der Waals surface area contributed by atoms with Crippen LogP contribution >= 0.6 is 0 Å². The van der Waals surface area contributed by atoms with E-state index >= 15 is 0 Å². The van der Waals surface area contributed by atoms with Gasteiger partial charge in [-0.1, -0.05) is 0 Å². The minimum Gasteiger partial charge on any atom is -0.378 e. The van der Waals surface area contributed by atoms with Crippen molar-refractivity contribution in [3.05, 3.63) is 0 Å². The number of ether oxygens (including phenoxy) is 1. The molecule has 2 aliphatic rings. The maximum absolute atomic E-state index is 12.2. The van der Waals surface area contributed by atoms with Crippen molar-refractivity contribution >= 4 is 5.91 Å². The number of rotatable bonds is 4. The Kier molecular flexibility index (Phi) is 5.77. The van der Waals surface area contributed by atoms with Gasteiger partial charge in [0, 0.05) is 33.3 Å². The van der Waals surface area contributed by atoms with E-state index in [2.05, 4.69) is 34.1 Å². The number of likely N-dealkylation sites (N-methyl/N-ethyl adjacent to an activating group) is 2. The molecule has 6 heteroatoms. The highest BCUT2D eigenvalue weighted by molar-refractivity contribution is 5.78. The van der Waals surface area contributed by atoms with Crippen LogP contribution in [0.15, 0.2) is 0 Å². The number of amides is 1. The quantitative estimate of drug-likeness (QED) is 0.723. The summed E-state index contributed by atoms with van der Waals surface area (Å²) in [4.78, 5) is 19.0. The molecule has 0 saturated carbocycles. The van der Waals surface area contributed by atoms with E-state index in [0.717, 1.165) is 45.7 Å². The zero-order chi connectivity index (χ0) is 14.5. The Morgan fingerprint density at radius 1 is 1.15 bits per heavy atom. The van der Waals surface area contributed by atoms with Gasteiger partial charge in [-0.15, -0.1) is 0 Å². The lowest BCUT2D eigenvalue weighted by atomic mass is 10.2. The summed E-state index contributed by atoms with van der Waals surface area (Å²) >= 11 is 0. The van der Waals surface area contributed by atoms with E-state index in [1.807, 2.05) is 0 Å². The van der Waals surface area contributed by atoms with Crippen LogP contribution < -0.4 is 5.32 Å². The van der Waals surface area contributed by atoms with Gasteiger partial charge in [0.05, 0.1) is 18.7 Å². The van der Waals surface area contributed by atoms with Gasteiger partial charge in [-0.3, -0.25) is 9.69 Å². The molecule has 116 valence electrons. The van der Waals surface area contributed by atoms with Crippen molar-refractivity contribution in [3.8, 4) is 0 Å². The Morgan fingerprint density at radius 3 is 2.70 bits per heavy atom. The lowest BCUT2D eigenvalue weighted by Crippen LogP contribution is -2.47. The first-order chi connectivity index (χ1) is 9.58. The topological polar surface area (TPSA) is 48.1 Å². The molecule has 20 heavy (non-hydrogen) atoms. The molecule has 2 atom stereocenters. The highest BCUT2D eigenvalue weighted by atomic mass is 16.5. The molecule has 0 spiro atoms. The molecular weight excluding hydrogens is 256 g/mol. The van der Waals surface area contributed by atoms with Gasteiger partial charge in [-0.2, -0.15) is 0 Å². The SMILES string of the molecule is CO[C@H]1CN(C)C[C@@H]1NC(=O)CN1CCCN(C)CC1. The standard InChI is InChI=1S/C14H28N4O2/c1-16-5-4-6-18(8-7-16)11-14(19)15-12-9-17(2)10-13(12)20-3/h12-13H,4-11H2,1-3H3,(H,15,19)/t12-,13-/m0/s1. The number of likely N-dealkylation sites (tertiary alicyclic amines) is 1. The zero-order valence-electron chi connectivity index (χ0n) is 13.0. The lowest BCUT2D eigenvalue weighted by molar-refractivity contribution is -0.123. The molecule has 0 bridgehead atoms. The molecule has 2 rings (SSSR count). The Labute approximate surface area is 122 Å². The maximum atomic E-state index is 12.2. The number of carbonyl (C=O) groups is 1. The summed E-state index contributed by atoms with van der Waals surface area (Å²) in [6, 6.07) is 0.118. The Bertz CT molecular complexity index is 326. The van der Waals surface area contributed by atoms with Crippen molar-refractivity contribution in [1.82, 2.24) is 20.0 Å². The van der Waals surface area contributed by atoms with Gasteiger partial charge in [0.15, 0.2) is 0 Å². The molecular formula is C14H28N4O2. The first kappa shape index (κ1) is 15.7. The summed E-state index contributed by atoms with van der Waals surface area (Å²) < 4.78 is 5.44. The number of nitrogens with zero attached hydrogens (tertiary/aromatic N) is 3. The Morgan fingerprint density at radius 2 is 1.95 bits per heavy atom. The van der Waals surface area contributed by atoms with Crippen molar-refractivity contribution in [2.75, 3.05) is 67.0 Å². The van der Waals surface area contributed by atoms with Crippen LogP contribution in [0, 0.1) is 0 Å². The average Bonchev–Trinajstić information content (AvgIpc) is 2.62. The van der Waals surface area contributed by atoms with Crippen molar-refractivity contribution in [1.29, 1.82) is 0 Å². The van der Waals surface area contributed by atoms with E-state index in [1.165, 1.54) is 0 Å². The van der Waals surface area contributed by atoms with E-state index in [0.29, 0.717) is 6.54 Å². The van der Waals surface area contributed by atoms with Crippen LogP contribution in [0.2, 0.25) is 0 Å². The molecule has 0 aromatic heterocycles. The third kappa shape index (κ3) is 4.41. The van der Waals surface area contributed by atoms with Crippen LogP contribution in [0.25, 0.3) is 0 Å². The molecule has 0 aliphatic carbocycles. The van der Waals surface area contributed by atoms with E-state index < -0.39 is 0 Å². The fourth-order valence-electron chi connectivity index (χ4n) is 3.05. The number of hydrogen-bond acceptors (Lipinski definition) is 5. The molecule has 1 amide bonds.